The van der Waals surface area contributed by atoms with Crippen LogP contribution in [0.5, 0.6) is 0 Å². The number of hydrogen-bond acceptors (Lipinski definition) is 3. The normalized spacial score (nSPS) is 13.9. The van der Waals surface area contributed by atoms with Crippen LogP contribution in [0.25, 0.3) is 10.9 Å². The molecule has 0 spiro atoms. The zero-order chi connectivity index (χ0) is 15.5. The summed E-state index contributed by atoms with van der Waals surface area (Å²) < 4.78 is 0. The van der Waals surface area contributed by atoms with Gasteiger partial charge in [0.05, 0.1) is 6.10 Å². The summed E-state index contributed by atoms with van der Waals surface area (Å²) in [6.07, 6.45) is -0.0510. The second-order valence-electron chi connectivity index (χ2n) is 5.41. The molecule has 3 rings (SSSR count). The minimum absolute atomic E-state index is 0.115. The van der Waals surface area contributed by atoms with E-state index >= 15 is 0 Å². The quantitative estimate of drug-likeness (QED) is 0.675. The number of aromatic nitrogens is 1. The van der Waals surface area contributed by atoms with Crippen molar-refractivity contribution in [2.75, 3.05) is 0 Å². The molecule has 1 aromatic carbocycles. The molecule has 1 amide bonds. The zero-order valence-electron chi connectivity index (χ0n) is 12.2. The molecule has 0 saturated heterocycles. The van der Waals surface area contributed by atoms with E-state index in [1.807, 2.05) is 54.8 Å². The fourth-order valence-corrected chi connectivity index (χ4v) is 3.21. The van der Waals surface area contributed by atoms with Crippen LogP contribution < -0.4 is 5.32 Å². The molecule has 0 bridgehead atoms. The number of hydrogen-bond donors (Lipinski definition) is 3. The lowest BCUT2D eigenvalue weighted by Gasteiger charge is -2.16. The molecule has 0 fully saturated rings. The van der Waals surface area contributed by atoms with Crippen molar-refractivity contribution in [1.82, 2.24) is 10.3 Å². The number of thiophene rings is 1. The van der Waals surface area contributed by atoms with Crippen LogP contribution in [0.4, 0.5) is 0 Å². The third kappa shape index (κ3) is 3.21. The molecule has 0 saturated carbocycles. The second-order valence-corrected chi connectivity index (χ2v) is 6.39. The van der Waals surface area contributed by atoms with Crippen molar-refractivity contribution in [2.24, 2.45) is 0 Å². The van der Waals surface area contributed by atoms with Gasteiger partial charge < -0.3 is 15.4 Å². The Morgan fingerprint density at radius 2 is 2.14 bits per heavy atom. The van der Waals surface area contributed by atoms with Crippen molar-refractivity contribution in [3.63, 3.8) is 0 Å². The van der Waals surface area contributed by atoms with Gasteiger partial charge in [-0.15, -0.1) is 11.3 Å². The molecule has 0 unspecified atom stereocenters. The number of benzene rings is 1. The van der Waals surface area contributed by atoms with E-state index in [4.69, 9.17) is 0 Å². The van der Waals surface area contributed by atoms with Crippen molar-refractivity contribution in [2.45, 2.75) is 25.5 Å². The Balaban J connectivity index is 1.63. The first-order chi connectivity index (χ1) is 10.6. The SMILES string of the molecule is C[C@H](C[C@@H](O)c1cccs1)NC(=O)c1cc2ccccc2[nH]1. The molecule has 5 heteroatoms. The van der Waals surface area contributed by atoms with Crippen LogP contribution in [0.2, 0.25) is 0 Å². The molecular formula is C17H18N2O2S. The van der Waals surface area contributed by atoms with Gasteiger partial charge >= 0.3 is 0 Å². The maximum atomic E-state index is 12.3. The number of aliphatic hydroxyl groups is 1. The third-order valence-corrected chi connectivity index (χ3v) is 4.57. The summed E-state index contributed by atoms with van der Waals surface area (Å²) in [6.45, 7) is 1.90. The maximum absolute atomic E-state index is 12.3. The first-order valence-electron chi connectivity index (χ1n) is 7.23. The predicted octanol–water partition coefficient (Wildman–Crippen LogP) is 3.47. The van der Waals surface area contributed by atoms with Crippen molar-refractivity contribution >= 4 is 28.1 Å². The van der Waals surface area contributed by atoms with Gasteiger partial charge in [-0.3, -0.25) is 4.79 Å². The highest BCUT2D eigenvalue weighted by Crippen LogP contribution is 2.23. The summed E-state index contributed by atoms with van der Waals surface area (Å²) >= 11 is 1.52. The average molecular weight is 314 g/mol. The Labute approximate surface area is 132 Å². The predicted molar refractivity (Wildman–Crippen MR) is 89.1 cm³/mol. The Hall–Kier alpha value is -2.11. The number of carbonyl (C=O) groups is 1. The minimum Gasteiger partial charge on any atom is -0.387 e. The van der Waals surface area contributed by atoms with Gasteiger partial charge in [0.15, 0.2) is 0 Å². The minimum atomic E-state index is -0.544. The lowest BCUT2D eigenvalue weighted by atomic mass is 10.1. The van der Waals surface area contributed by atoms with E-state index in [1.54, 1.807) is 0 Å². The molecule has 2 heterocycles. The number of H-pyrrole nitrogens is 1. The maximum Gasteiger partial charge on any atom is 0.267 e. The summed E-state index contributed by atoms with van der Waals surface area (Å²) in [5, 5.41) is 16.0. The molecule has 2 atom stereocenters. The highest BCUT2D eigenvalue weighted by Gasteiger charge is 2.17. The topological polar surface area (TPSA) is 65.1 Å². The number of rotatable bonds is 5. The van der Waals surface area contributed by atoms with Crippen LogP contribution in [0.3, 0.4) is 0 Å². The molecule has 0 aliphatic rings. The third-order valence-electron chi connectivity index (χ3n) is 3.60. The number of fused-ring (bicyclic) bond motifs is 1. The van der Waals surface area contributed by atoms with Crippen LogP contribution in [0.1, 0.15) is 34.8 Å². The van der Waals surface area contributed by atoms with Gasteiger partial charge in [0.1, 0.15) is 5.69 Å². The van der Waals surface area contributed by atoms with E-state index in [1.165, 1.54) is 11.3 Å². The largest absolute Gasteiger partial charge is 0.387 e. The van der Waals surface area contributed by atoms with Crippen molar-refractivity contribution in [3.05, 3.63) is 58.4 Å². The number of nitrogens with one attached hydrogen (secondary N) is 2. The van der Waals surface area contributed by atoms with E-state index in [0.29, 0.717) is 12.1 Å². The summed E-state index contributed by atoms with van der Waals surface area (Å²) in [5.41, 5.74) is 1.48. The summed E-state index contributed by atoms with van der Waals surface area (Å²) in [6, 6.07) is 13.3. The molecule has 3 N–H and O–H groups in total. The number of aliphatic hydroxyl groups excluding tert-OH is 1. The van der Waals surface area contributed by atoms with E-state index < -0.39 is 6.10 Å². The summed E-state index contributed by atoms with van der Waals surface area (Å²) in [4.78, 5) is 16.3. The molecule has 0 aliphatic heterocycles. The Bertz CT molecular complexity index is 731. The first-order valence-corrected chi connectivity index (χ1v) is 8.11. The summed E-state index contributed by atoms with van der Waals surface area (Å²) in [5.74, 6) is -0.151. The number of para-hydroxylation sites is 1. The molecular weight excluding hydrogens is 296 g/mol. The van der Waals surface area contributed by atoms with Gasteiger partial charge in [0, 0.05) is 21.8 Å². The zero-order valence-corrected chi connectivity index (χ0v) is 13.1. The average Bonchev–Trinajstić information content (AvgIpc) is 3.16. The van der Waals surface area contributed by atoms with Crippen LogP contribution in [0.15, 0.2) is 47.8 Å². The van der Waals surface area contributed by atoms with E-state index in [9.17, 15) is 9.90 Å². The smallest absolute Gasteiger partial charge is 0.267 e. The highest BCUT2D eigenvalue weighted by molar-refractivity contribution is 7.10. The number of amides is 1. The van der Waals surface area contributed by atoms with E-state index in [2.05, 4.69) is 10.3 Å². The van der Waals surface area contributed by atoms with Gasteiger partial charge in [0.25, 0.3) is 5.91 Å². The molecule has 4 nitrogen and oxygen atoms in total. The second kappa shape index (κ2) is 6.34. The lowest BCUT2D eigenvalue weighted by Crippen LogP contribution is -2.33. The summed E-state index contributed by atoms with van der Waals surface area (Å²) in [7, 11) is 0. The van der Waals surface area contributed by atoms with Crippen LogP contribution >= 0.6 is 11.3 Å². The Kier molecular flexibility index (Phi) is 4.27. The van der Waals surface area contributed by atoms with Crippen LogP contribution in [0, 0.1) is 0 Å². The van der Waals surface area contributed by atoms with Gasteiger partial charge in [-0.1, -0.05) is 24.3 Å². The van der Waals surface area contributed by atoms with E-state index in [0.717, 1.165) is 15.8 Å². The van der Waals surface area contributed by atoms with Crippen molar-refractivity contribution < 1.29 is 9.90 Å². The van der Waals surface area contributed by atoms with Gasteiger partial charge in [0.2, 0.25) is 0 Å². The fraction of sp³-hybridized carbons (Fsp3) is 0.235. The molecule has 114 valence electrons. The molecule has 2 aromatic heterocycles. The van der Waals surface area contributed by atoms with Crippen LogP contribution in [-0.4, -0.2) is 22.0 Å². The van der Waals surface area contributed by atoms with Crippen LogP contribution in [-0.2, 0) is 0 Å². The molecule has 3 aromatic rings. The molecule has 0 radical (unpaired) electrons. The van der Waals surface area contributed by atoms with Gasteiger partial charge in [-0.25, -0.2) is 0 Å². The monoisotopic (exact) mass is 314 g/mol. The highest BCUT2D eigenvalue weighted by atomic mass is 32.1. The molecule has 0 aliphatic carbocycles. The van der Waals surface area contributed by atoms with Gasteiger partial charge in [-0.2, -0.15) is 0 Å². The standard InChI is InChI=1S/C17H18N2O2S/c1-11(9-15(20)16-7-4-8-22-16)18-17(21)14-10-12-5-2-3-6-13(12)19-14/h2-8,10-11,15,19-20H,9H2,1H3,(H,18,21)/t11-,15-/m1/s1. The van der Waals surface area contributed by atoms with Gasteiger partial charge in [-0.05, 0) is 36.9 Å². The first kappa shape index (κ1) is 14.8. The Morgan fingerprint density at radius 3 is 2.86 bits per heavy atom. The molecule has 22 heavy (non-hydrogen) atoms. The fourth-order valence-electron chi connectivity index (χ4n) is 2.49. The van der Waals surface area contributed by atoms with Crippen molar-refractivity contribution in [1.29, 1.82) is 0 Å². The Morgan fingerprint density at radius 1 is 1.32 bits per heavy atom. The number of carbonyl (C=O) groups excluding carboxylic acids is 1. The number of aromatic amines is 1. The van der Waals surface area contributed by atoms with E-state index in [-0.39, 0.29) is 11.9 Å². The van der Waals surface area contributed by atoms with Crippen molar-refractivity contribution in [3.8, 4) is 0 Å². The lowest BCUT2D eigenvalue weighted by molar-refractivity contribution is 0.0914.